The molecule has 0 saturated heterocycles. The summed E-state index contributed by atoms with van der Waals surface area (Å²) < 4.78 is 1.64. The lowest BCUT2D eigenvalue weighted by Gasteiger charge is -2.30. The van der Waals surface area contributed by atoms with Crippen LogP contribution in [0.3, 0.4) is 0 Å². The molecule has 1 aromatic heterocycles. The molecule has 0 atom stereocenters. The molecule has 0 bridgehead atoms. The van der Waals surface area contributed by atoms with E-state index < -0.39 is 0 Å². The van der Waals surface area contributed by atoms with Crippen LogP contribution in [0.4, 0.5) is 5.69 Å². The minimum absolute atomic E-state index is 0.0330. The van der Waals surface area contributed by atoms with Crippen molar-refractivity contribution in [2.75, 3.05) is 11.4 Å². The Balaban J connectivity index is 1.79. The van der Waals surface area contributed by atoms with Crippen molar-refractivity contribution in [3.63, 3.8) is 0 Å². The van der Waals surface area contributed by atoms with Gasteiger partial charge in [-0.25, -0.2) is 0 Å². The first-order valence-corrected chi connectivity index (χ1v) is 9.45. The van der Waals surface area contributed by atoms with Crippen molar-refractivity contribution in [2.45, 2.75) is 40.2 Å². The smallest absolute Gasteiger partial charge is 0.251 e. The Bertz CT molecular complexity index is 1110. The summed E-state index contributed by atoms with van der Waals surface area (Å²) in [6.45, 7) is 6.78. The number of nitrogens with zero attached hydrogens (tertiary/aromatic N) is 2. The van der Waals surface area contributed by atoms with Crippen LogP contribution in [0.5, 0.6) is 0 Å². The molecule has 0 aliphatic carbocycles. The van der Waals surface area contributed by atoms with Crippen molar-refractivity contribution in [2.24, 2.45) is 0 Å². The van der Waals surface area contributed by atoms with E-state index in [-0.39, 0.29) is 18.0 Å². The summed E-state index contributed by atoms with van der Waals surface area (Å²) in [5, 5.41) is 1.04. The third kappa shape index (κ3) is 3.05. The largest absolute Gasteiger partial charge is 0.311 e. The molecule has 0 fully saturated rings. The number of aromatic nitrogens is 1. The zero-order valence-electron chi connectivity index (χ0n) is 16.1. The number of hydrogen-bond acceptors (Lipinski definition) is 2. The SMILES string of the molecule is Cc1cc(C)c2c(c1)c(C)cc(=O)n2CC(=O)N1CCCc2ccccc21. The highest BCUT2D eigenvalue weighted by molar-refractivity contribution is 5.95. The van der Waals surface area contributed by atoms with E-state index in [9.17, 15) is 9.59 Å². The molecule has 1 amide bonds. The second-order valence-electron chi connectivity index (χ2n) is 7.51. The number of carbonyl (C=O) groups is 1. The normalized spacial score (nSPS) is 13.7. The van der Waals surface area contributed by atoms with E-state index in [1.165, 1.54) is 5.56 Å². The molecule has 4 heteroatoms. The molecule has 27 heavy (non-hydrogen) atoms. The summed E-state index contributed by atoms with van der Waals surface area (Å²) >= 11 is 0. The maximum absolute atomic E-state index is 13.2. The van der Waals surface area contributed by atoms with E-state index in [1.807, 2.05) is 36.9 Å². The number of anilines is 1. The number of carbonyl (C=O) groups excluding carboxylic acids is 1. The Morgan fingerprint density at radius 1 is 1.04 bits per heavy atom. The highest BCUT2D eigenvalue weighted by Gasteiger charge is 2.23. The molecule has 2 heterocycles. The Morgan fingerprint density at radius 3 is 2.63 bits per heavy atom. The van der Waals surface area contributed by atoms with Crippen LogP contribution in [0.2, 0.25) is 0 Å². The lowest BCUT2D eigenvalue weighted by Crippen LogP contribution is -2.39. The van der Waals surface area contributed by atoms with E-state index in [2.05, 4.69) is 25.1 Å². The highest BCUT2D eigenvalue weighted by atomic mass is 16.2. The van der Waals surface area contributed by atoms with Gasteiger partial charge >= 0.3 is 0 Å². The monoisotopic (exact) mass is 360 g/mol. The van der Waals surface area contributed by atoms with E-state index in [0.717, 1.165) is 46.1 Å². The Hall–Kier alpha value is -2.88. The van der Waals surface area contributed by atoms with E-state index >= 15 is 0 Å². The Labute approximate surface area is 159 Å². The highest BCUT2D eigenvalue weighted by Crippen LogP contribution is 2.27. The van der Waals surface area contributed by atoms with Crippen LogP contribution in [0.25, 0.3) is 10.9 Å². The van der Waals surface area contributed by atoms with Crippen LogP contribution in [0.1, 0.15) is 28.7 Å². The standard InChI is InChI=1S/C23H24N2O2/c1-15-11-17(3)23-19(12-15)16(2)13-21(26)25(23)14-22(27)24-10-6-8-18-7-4-5-9-20(18)24/h4-5,7,9,11-13H,6,8,10,14H2,1-3H3. The first kappa shape index (κ1) is 17.5. The van der Waals surface area contributed by atoms with Crippen LogP contribution in [0.15, 0.2) is 47.3 Å². The van der Waals surface area contributed by atoms with Gasteiger partial charge < -0.3 is 4.90 Å². The average Bonchev–Trinajstić information content (AvgIpc) is 2.64. The molecule has 4 nitrogen and oxygen atoms in total. The summed E-state index contributed by atoms with van der Waals surface area (Å²) in [4.78, 5) is 27.7. The number of aryl methyl sites for hydroxylation is 4. The van der Waals surface area contributed by atoms with Crippen molar-refractivity contribution in [1.29, 1.82) is 0 Å². The van der Waals surface area contributed by atoms with Crippen LogP contribution < -0.4 is 10.5 Å². The molecular formula is C23H24N2O2. The van der Waals surface area contributed by atoms with Crippen molar-refractivity contribution >= 4 is 22.5 Å². The first-order valence-electron chi connectivity index (χ1n) is 9.45. The summed E-state index contributed by atoms with van der Waals surface area (Å²) in [5.41, 5.74) is 6.06. The van der Waals surface area contributed by atoms with Gasteiger partial charge in [0.1, 0.15) is 6.54 Å². The van der Waals surface area contributed by atoms with Gasteiger partial charge in [0, 0.05) is 23.7 Å². The van der Waals surface area contributed by atoms with E-state index in [4.69, 9.17) is 0 Å². The van der Waals surface area contributed by atoms with Gasteiger partial charge in [0.15, 0.2) is 0 Å². The molecule has 138 valence electrons. The maximum Gasteiger partial charge on any atom is 0.251 e. The number of pyridine rings is 1. The van der Waals surface area contributed by atoms with Gasteiger partial charge in [0.05, 0.1) is 5.52 Å². The number of rotatable bonds is 2. The quantitative estimate of drug-likeness (QED) is 0.695. The number of amides is 1. The van der Waals surface area contributed by atoms with Gasteiger partial charge in [-0.2, -0.15) is 0 Å². The van der Waals surface area contributed by atoms with Gasteiger partial charge in [-0.05, 0) is 62.4 Å². The van der Waals surface area contributed by atoms with Crippen molar-refractivity contribution in [3.8, 4) is 0 Å². The van der Waals surface area contributed by atoms with Crippen molar-refractivity contribution in [1.82, 2.24) is 4.57 Å². The molecule has 1 aliphatic rings. The molecule has 2 aromatic carbocycles. The predicted molar refractivity (Wildman–Crippen MR) is 110 cm³/mol. The number of benzene rings is 2. The zero-order chi connectivity index (χ0) is 19.1. The summed E-state index contributed by atoms with van der Waals surface area (Å²) in [6.07, 6.45) is 1.94. The molecule has 0 N–H and O–H groups in total. The van der Waals surface area contributed by atoms with Crippen LogP contribution in [-0.2, 0) is 17.8 Å². The number of para-hydroxylation sites is 1. The molecule has 3 aromatic rings. The fourth-order valence-corrected chi connectivity index (χ4v) is 4.24. The van der Waals surface area contributed by atoms with E-state index in [1.54, 1.807) is 10.6 Å². The fraction of sp³-hybridized carbons (Fsp3) is 0.304. The predicted octanol–water partition coefficient (Wildman–Crippen LogP) is 3.91. The van der Waals surface area contributed by atoms with Crippen molar-refractivity contribution in [3.05, 3.63) is 75.1 Å². The molecule has 0 radical (unpaired) electrons. The Kier molecular flexibility index (Phi) is 4.34. The lowest BCUT2D eigenvalue weighted by atomic mass is 10.0. The van der Waals surface area contributed by atoms with Gasteiger partial charge in [0.25, 0.3) is 5.56 Å². The van der Waals surface area contributed by atoms with Gasteiger partial charge in [-0.3, -0.25) is 14.2 Å². The van der Waals surface area contributed by atoms with Crippen LogP contribution in [-0.4, -0.2) is 17.0 Å². The summed E-state index contributed by atoms with van der Waals surface area (Å²) in [6, 6.07) is 13.8. The summed E-state index contributed by atoms with van der Waals surface area (Å²) in [5.74, 6) is -0.0330. The van der Waals surface area contributed by atoms with Gasteiger partial charge in [0.2, 0.25) is 5.91 Å². The van der Waals surface area contributed by atoms with Gasteiger partial charge in [-0.15, -0.1) is 0 Å². The molecular weight excluding hydrogens is 336 g/mol. The second kappa shape index (κ2) is 6.69. The average molecular weight is 360 g/mol. The molecule has 0 saturated carbocycles. The minimum Gasteiger partial charge on any atom is -0.311 e. The van der Waals surface area contributed by atoms with Crippen LogP contribution >= 0.6 is 0 Å². The first-order chi connectivity index (χ1) is 13.0. The maximum atomic E-state index is 13.2. The molecule has 0 unspecified atom stereocenters. The molecule has 0 spiro atoms. The topological polar surface area (TPSA) is 42.3 Å². The summed E-state index contributed by atoms with van der Waals surface area (Å²) in [7, 11) is 0. The number of fused-ring (bicyclic) bond motifs is 2. The molecule has 1 aliphatic heterocycles. The number of hydrogen-bond donors (Lipinski definition) is 0. The third-order valence-electron chi connectivity index (χ3n) is 5.45. The van der Waals surface area contributed by atoms with Gasteiger partial charge in [-0.1, -0.05) is 29.8 Å². The zero-order valence-corrected chi connectivity index (χ0v) is 16.1. The van der Waals surface area contributed by atoms with Crippen molar-refractivity contribution < 1.29 is 4.79 Å². The molecule has 4 rings (SSSR count). The second-order valence-corrected chi connectivity index (χ2v) is 7.51. The Morgan fingerprint density at radius 2 is 1.81 bits per heavy atom. The van der Waals surface area contributed by atoms with E-state index in [0.29, 0.717) is 6.54 Å². The fourth-order valence-electron chi connectivity index (χ4n) is 4.24. The third-order valence-corrected chi connectivity index (χ3v) is 5.45. The lowest BCUT2D eigenvalue weighted by molar-refractivity contribution is -0.119. The van der Waals surface area contributed by atoms with Crippen LogP contribution in [0, 0.1) is 20.8 Å². The minimum atomic E-state index is -0.120.